The van der Waals surface area contributed by atoms with Gasteiger partial charge in [0.2, 0.25) is 0 Å². The number of hydrogen-bond donors (Lipinski definition) is 2. The number of rotatable bonds is 4. The summed E-state index contributed by atoms with van der Waals surface area (Å²) in [6, 6.07) is 3.49. The van der Waals surface area contributed by atoms with Crippen LogP contribution in [0.5, 0.6) is 5.75 Å². The Labute approximate surface area is 143 Å². The molecule has 2 N–H and O–H groups in total. The molecule has 0 saturated carbocycles. The molecule has 0 spiro atoms. The predicted octanol–water partition coefficient (Wildman–Crippen LogP) is 5.12. The maximum Gasteiger partial charge on any atom is 0.416 e. The maximum absolute atomic E-state index is 12.8. The van der Waals surface area contributed by atoms with Crippen LogP contribution in [0.2, 0.25) is 5.02 Å². The third-order valence-electron chi connectivity index (χ3n) is 2.77. The Morgan fingerprint density at radius 2 is 1.84 bits per heavy atom. The Kier molecular flexibility index (Phi) is 6.53. The van der Waals surface area contributed by atoms with E-state index in [0.717, 1.165) is 19.1 Å². The molecule has 1 aromatic carbocycles. The van der Waals surface area contributed by atoms with Crippen molar-refractivity contribution in [2.24, 2.45) is 0 Å². The Morgan fingerprint density at radius 1 is 1.24 bits per heavy atom. The fraction of sp³-hybridized carbons (Fsp3) is 0.267. The van der Waals surface area contributed by atoms with Crippen LogP contribution in [0.15, 0.2) is 41.6 Å². The quantitative estimate of drug-likeness (QED) is 0.556. The monoisotopic (exact) mass is 387 g/mol. The molecule has 0 fully saturated rings. The molecular weight excluding hydrogens is 376 g/mol. The van der Waals surface area contributed by atoms with Crippen LogP contribution in [0, 0.1) is 0 Å². The van der Waals surface area contributed by atoms with Crippen molar-refractivity contribution in [3.63, 3.8) is 0 Å². The highest BCUT2D eigenvalue weighted by Crippen LogP contribution is 2.30. The van der Waals surface area contributed by atoms with Crippen molar-refractivity contribution >= 4 is 17.5 Å². The Morgan fingerprint density at radius 3 is 2.36 bits per heavy atom. The molecule has 0 saturated heterocycles. The number of aromatic hydroxyl groups is 1. The fourth-order valence-electron chi connectivity index (χ4n) is 1.69. The number of amides is 1. The Bertz CT molecular complexity index is 707. The normalized spacial score (nSPS) is 13.8. The number of hydrogen-bond acceptors (Lipinski definition) is 2. The van der Waals surface area contributed by atoms with Crippen LogP contribution in [0.4, 0.5) is 26.3 Å². The van der Waals surface area contributed by atoms with E-state index in [9.17, 15) is 36.2 Å². The van der Waals surface area contributed by atoms with Gasteiger partial charge >= 0.3 is 12.4 Å². The highest BCUT2D eigenvalue weighted by atomic mass is 35.5. The molecule has 0 unspecified atom stereocenters. The number of alkyl halides is 6. The van der Waals surface area contributed by atoms with Gasteiger partial charge in [0.05, 0.1) is 17.6 Å². The number of nitrogens with one attached hydrogen (secondary N) is 1. The van der Waals surface area contributed by atoms with Crippen LogP contribution < -0.4 is 5.32 Å². The van der Waals surface area contributed by atoms with Gasteiger partial charge in [-0.05, 0) is 31.2 Å². The van der Waals surface area contributed by atoms with Crippen molar-refractivity contribution in [1.29, 1.82) is 0 Å². The van der Waals surface area contributed by atoms with Gasteiger partial charge in [0.15, 0.2) is 0 Å². The molecule has 0 heterocycles. The average Bonchev–Trinajstić information content (AvgIpc) is 2.43. The molecule has 1 amide bonds. The Balaban J connectivity index is 3.03. The largest absolute Gasteiger partial charge is 0.507 e. The van der Waals surface area contributed by atoms with Crippen LogP contribution in [0.3, 0.4) is 0 Å². The maximum atomic E-state index is 12.8. The number of halogens is 7. The third kappa shape index (κ3) is 7.08. The smallest absolute Gasteiger partial charge is 0.416 e. The van der Waals surface area contributed by atoms with Crippen LogP contribution >= 0.6 is 11.6 Å². The number of phenolic OH excluding ortho intramolecular Hbond substituents is 1. The lowest BCUT2D eigenvalue weighted by Crippen LogP contribution is -2.22. The second-order valence-electron chi connectivity index (χ2n) is 4.92. The first-order valence-electron chi connectivity index (χ1n) is 6.62. The van der Waals surface area contributed by atoms with Gasteiger partial charge in [-0.3, -0.25) is 4.79 Å². The van der Waals surface area contributed by atoms with E-state index in [2.05, 4.69) is 0 Å². The van der Waals surface area contributed by atoms with Gasteiger partial charge in [-0.1, -0.05) is 17.7 Å². The van der Waals surface area contributed by atoms with Gasteiger partial charge in [-0.15, -0.1) is 0 Å². The third-order valence-corrected chi connectivity index (χ3v) is 3.00. The van der Waals surface area contributed by atoms with Gasteiger partial charge < -0.3 is 10.4 Å². The van der Waals surface area contributed by atoms with E-state index in [1.165, 1.54) is 6.07 Å². The lowest BCUT2D eigenvalue weighted by molar-refractivity contribution is -0.126. The van der Waals surface area contributed by atoms with E-state index in [4.69, 9.17) is 11.6 Å². The average molecular weight is 388 g/mol. The standard InChI is InChI=1S/C15H12ClF6NO2/c1-8(6-9(15(20,21)22)4-5-14(17,18)19)23-13(25)11-7-10(16)2-3-12(11)24/h2-4,6-7,24H,5H2,1H3,(H,23,25)/b8-6+,9-4+. The van der Waals surface area contributed by atoms with Gasteiger partial charge in [0.25, 0.3) is 5.91 Å². The molecule has 1 aromatic rings. The highest BCUT2D eigenvalue weighted by Gasteiger charge is 2.34. The summed E-state index contributed by atoms with van der Waals surface area (Å²) in [4.78, 5) is 11.9. The molecule has 0 radical (unpaired) electrons. The second kappa shape index (κ2) is 7.81. The van der Waals surface area contributed by atoms with Crippen molar-refractivity contribution in [2.75, 3.05) is 0 Å². The topological polar surface area (TPSA) is 49.3 Å². The molecular formula is C15H12ClF6NO2. The molecule has 0 aliphatic heterocycles. The van der Waals surface area contributed by atoms with E-state index in [1.54, 1.807) is 0 Å². The summed E-state index contributed by atoms with van der Waals surface area (Å²) in [6.45, 7) is 1.06. The predicted molar refractivity (Wildman–Crippen MR) is 79.2 cm³/mol. The zero-order chi connectivity index (χ0) is 19.4. The van der Waals surface area contributed by atoms with Crippen molar-refractivity contribution in [3.05, 3.63) is 52.2 Å². The summed E-state index contributed by atoms with van der Waals surface area (Å²) in [6.07, 6.45) is -11.3. The van der Waals surface area contributed by atoms with E-state index in [-0.39, 0.29) is 22.4 Å². The minimum Gasteiger partial charge on any atom is -0.507 e. The molecule has 10 heteroatoms. The van der Waals surface area contributed by atoms with Crippen molar-refractivity contribution in [1.82, 2.24) is 5.32 Å². The minimum absolute atomic E-state index is 0.0213. The van der Waals surface area contributed by atoms with E-state index < -0.39 is 36.0 Å². The summed E-state index contributed by atoms with van der Waals surface area (Å²) in [5.74, 6) is -1.43. The summed E-state index contributed by atoms with van der Waals surface area (Å²) >= 11 is 5.66. The van der Waals surface area contributed by atoms with Gasteiger partial charge in [0.1, 0.15) is 5.75 Å². The first kappa shape index (κ1) is 20.9. The van der Waals surface area contributed by atoms with Crippen LogP contribution in [0.1, 0.15) is 23.7 Å². The number of phenols is 1. The highest BCUT2D eigenvalue weighted by molar-refractivity contribution is 6.31. The fourth-order valence-corrected chi connectivity index (χ4v) is 1.86. The lowest BCUT2D eigenvalue weighted by atomic mass is 10.1. The molecule has 25 heavy (non-hydrogen) atoms. The first-order valence-corrected chi connectivity index (χ1v) is 6.99. The van der Waals surface area contributed by atoms with Crippen LogP contribution in [-0.4, -0.2) is 23.4 Å². The summed E-state index contributed by atoms with van der Waals surface area (Å²) in [5.41, 5.74) is -2.22. The number of carbonyl (C=O) groups is 1. The van der Waals surface area contributed by atoms with Gasteiger partial charge in [-0.25, -0.2) is 0 Å². The zero-order valence-electron chi connectivity index (χ0n) is 12.6. The first-order chi connectivity index (χ1) is 11.3. The van der Waals surface area contributed by atoms with E-state index in [1.807, 2.05) is 5.32 Å². The van der Waals surface area contributed by atoms with E-state index >= 15 is 0 Å². The second-order valence-corrected chi connectivity index (χ2v) is 5.36. The molecule has 0 bridgehead atoms. The van der Waals surface area contributed by atoms with Crippen molar-refractivity contribution in [2.45, 2.75) is 25.7 Å². The SMILES string of the molecule is C/C(=C\C(=C/CC(F)(F)F)C(F)(F)F)NC(=O)c1cc(Cl)ccc1O. The Hall–Kier alpha value is -2.16. The van der Waals surface area contributed by atoms with Gasteiger partial charge in [-0.2, -0.15) is 26.3 Å². The van der Waals surface area contributed by atoms with Crippen LogP contribution in [0.25, 0.3) is 0 Å². The molecule has 0 aliphatic carbocycles. The molecule has 0 aliphatic rings. The minimum atomic E-state index is -5.03. The summed E-state index contributed by atoms with van der Waals surface area (Å²) < 4.78 is 74.7. The molecule has 138 valence electrons. The lowest BCUT2D eigenvalue weighted by Gasteiger charge is -2.12. The zero-order valence-corrected chi connectivity index (χ0v) is 13.4. The molecule has 3 nitrogen and oxygen atoms in total. The number of allylic oxidation sites excluding steroid dienone is 4. The van der Waals surface area contributed by atoms with Crippen molar-refractivity contribution in [3.8, 4) is 5.75 Å². The van der Waals surface area contributed by atoms with Crippen molar-refractivity contribution < 1.29 is 36.2 Å². The molecule has 0 aromatic heterocycles. The summed E-state index contributed by atoms with van der Waals surface area (Å²) in [5, 5.41) is 11.7. The molecule has 0 atom stereocenters. The van der Waals surface area contributed by atoms with E-state index in [0.29, 0.717) is 6.08 Å². The summed E-state index contributed by atoms with van der Waals surface area (Å²) in [7, 11) is 0. The van der Waals surface area contributed by atoms with Crippen LogP contribution in [-0.2, 0) is 0 Å². The number of benzene rings is 1. The molecule has 1 rings (SSSR count). The van der Waals surface area contributed by atoms with Gasteiger partial charge in [0, 0.05) is 10.7 Å². The number of carbonyl (C=O) groups excluding carboxylic acids is 1.